The number of hydrogen-bond donors (Lipinski definition) is 2. The van der Waals surface area contributed by atoms with Crippen molar-refractivity contribution in [3.05, 3.63) is 23.3 Å². The van der Waals surface area contributed by atoms with Crippen molar-refractivity contribution in [3.8, 4) is 11.5 Å². The van der Waals surface area contributed by atoms with E-state index >= 15 is 0 Å². The van der Waals surface area contributed by atoms with Crippen LogP contribution in [0.5, 0.6) is 11.5 Å². The van der Waals surface area contributed by atoms with Gasteiger partial charge in [-0.05, 0) is 37.1 Å². The third-order valence-electron chi connectivity index (χ3n) is 1.94. The maximum absolute atomic E-state index is 11.1. The van der Waals surface area contributed by atoms with Crippen LogP contribution in [0.1, 0.15) is 11.1 Å². The van der Waals surface area contributed by atoms with Gasteiger partial charge in [0, 0.05) is 6.66 Å². The molecule has 0 spiro atoms. The molecule has 0 aromatic heterocycles. The average molecular weight is 280 g/mol. The summed E-state index contributed by atoms with van der Waals surface area (Å²) >= 11 is 0. The predicted octanol–water partition coefficient (Wildman–Crippen LogP) is 2.26. The molecule has 0 radical (unpaired) electrons. The van der Waals surface area contributed by atoms with Crippen LogP contribution in [0.15, 0.2) is 12.1 Å². The molecule has 0 aliphatic heterocycles. The standard InChI is InChI=1S/C9H14O6P2/c1-6-5-9(15-17(3,12)13)7(2)4-8(6)14-16(10)11/h4-5,16H,1-3H3,(H,10,11)(H,12,13). The first-order valence-electron chi connectivity index (χ1n) is 4.71. The van der Waals surface area contributed by atoms with Crippen molar-refractivity contribution >= 4 is 15.9 Å². The molecule has 2 atom stereocenters. The molecule has 0 heterocycles. The highest BCUT2D eigenvalue weighted by Crippen LogP contribution is 2.41. The molecular formula is C9H14O6P2. The number of hydrogen-bond acceptors (Lipinski definition) is 4. The van der Waals surface area contributed by atoms with E-state index in [0.29, 0.717) is 11.1 Å². The maximum Gasteiger partial charge on any atom is 0.373 e. The number of benzene rings is 1. The molecule has 0 fully saturated rings. The Balaban J connectivity index is 3.09. The molecule has 0 amide bonds. The molecule has 2 N–H and O–H groups in total. The van der Waals surface area contributed by atoms with E-state index < -0.39 is 15.9 Å². The lowest BCUT2D eigenvalue weighted by Crippen LogP contribution is -1.94. The van der Waals surface area contributed by atoms with Gasteiger partial charge in [0.15, 0.2) is 0 Å². The lowest BCUT2D eigenvalue weighted by atomic mass is 10.1. The van der Waals surface area contributed by atoms with E-state index in [1.807, 2.05) is 0 Å². The zero-order chi connectivity index (χ0) is 13.2. The van der Waals surface area contributed by atoms with Crippen LogP contribution < -0.4 is 9.05 Å². The molecule has 2 unspecified atom stereocenters. The Bertz CT molecular complexity index is 493. The smallest absolute Gasteiger partial charge is 0.373 e. The summed E-state index contributed by atoms with van der Waals surface area (Å²) in [6.07, 6.45) is 0. The Labute approximate surface area is 99.7 Å². The summed E-state index contributed by atoms with van der Waals surface area (Å²) in [4.78, 5) is 17.8. The number of rotatable bonds is 4. The second-order valence-corrected chi connectivity index (χ2v) is 6.17. The van der Waals surface area contributed by atoms with Gasteiger partial charge in [0.2, 0.25) is 0 Å². The SMILES string of the molecule is Cc1cc(OP(C)(=O)O)c(C)cc1O[PH](=O)O. The van der Waals surface area contributed by atoms with Gasteiger partial charge in [-0.3, -0.25) is 0 Å². The Morgan fingerprint density at radius 3 is 2.18 bits per heavy atom. The van der Waals surface area contributed by atoms with E-state index in [-0.39, 0.29) is 11.5 Å². The van der Waals surface area contributed by atoms with E-state index in [1.165, 1.54) is 12.1 Å². The molecular weight excluding hydrogens is 266 g/mol. The molecule has 8 heteroatoms. The average Bonchev–Trinajstić information content (AvgIpc) is 2.10. The first kappa shape index (κ1) is 14.3. The fraction of sp³-hybridized carbons (Fsp3) is 0.333. The summed E-state index contributed by atoms with van der Waals surface area (Å²) in [6.45, 7) is 4.37. The highest BCUT2D eigenvalue weighted by Gasteiger charge is 2.15. The van der Waals surface area contributed by atoms with E-state index in [0.717, 1.165) is 6.66 Å². The van der Waals surface area contributed by atoms with Gasteiger partial charge in [0.05, 0.1) is 0 Å². The molecule has 1 aromatic carbocycles. The summed E-state index contributed by atoms with van der Waals surface area (Å²) in [6, 6.07) is 2.97. The van der Waals surface area contributed by atoms with Crippen molar-refractivity contribution in [2.75, 3.05) is 6.66 Å². The first-order chi connectivity index (χ1) is 7.69. The van der Waals surface area contributed by atoms with Crippen molar-refractivity contribution in [1.29, 1.82) is 0 Å². The molecule has 0 aliphatic rings. The zero-order valence-corrected chi connectivity index (χ0v) is 11.5. The van der Waals surface area contributed by atoms with Crippen molar-refractivity contribution < 1.29 is 28.0 Å². The predicted molar refractivity (Wildman–Crippen MR) is 64.1 cm³/mol. The monoisotopic (exact) mass is 280 g/mol. The molecule has 96 valence electrons. The molecule has 1 aromatic rings. The topological polar surface area (TPSA) is 93.1 Å². The van der Waals surface area contributed by atoms with E-state index in [2.05, 4.69) is 0 Å². The summed E-state index contributed by atoms with van der Waals surface area (Å²) in [7, 11) is -6.69. The van der Waals surface area contributed by atoms with Gasteiger partial charge in [-0.15, -0.1) is 0 Å². The van der Waals surface area contributed by atoms with Crippen molar-refractivity contribution in [1.82, 2.24) is 0 Å². The van der Waals surface area contributed by atoms with Crippen LogP contribution in [0.3, 0.4) is 0 Å². The van der Waals surface area contributed by atoms with Gasteiger partial charge in [0.1, 0.15) is 11.5 Å². The molecule has 1 rings (SSSR count). The van der Waals surface area contributed by atoms with Gasteiger partial charge in [0.25, 0.3) is 0 Å². The van der Waals surface area contributed by atoms with Crippen molar-refractivity contribution in [3.63, 3.8) is 0 Å². The highest BCUT2D eigenvalue weighted by molar-refractivity contribution is 7.52. The largest absolute Gasteiger partial charge is 0.426 e. The third-order valence-corrected chi connectivity index (χ3v) is 2.87. The summed E-state index contributed by atoms with van der Waals surface area (Å²) < 4.78 is 31.3. The van der Waals surface area contributed by atoms with Crippen LogP contribution in [0, 0.1) is 13.8 Å². The summed E-state index contributed by atoms with van der Waals surface area (Å²) in [5, 5.41) is 0. The number of aryl methyl sites for hydroxylation is 2. The Hall–Kier alpha value is -0.800. The van der Waals surface area contributed by atoms with E-state index in [4.69, 9.17) is 18.8 Å². The minimum atomic E-state index is -3.62. The lowest BCUT2D eigenvalue weighted by Gasteiger charge is -2.14. The summed E-state index contributed by atoms with van der Waals surface area (Å²) in [5.74, 6) is 0.505. The second kappa shape index (κ2) is 5.23. The Kier molecular flexibility index (Phi) is 4.39. The minimum Gasteiger partial charge on any atom is -0.426 e. The van der Waals surface area contributed by atoms with Crippen molar-refractivity contribution in [2.24, 2.45) is 0 Å². The van der Waals surface area contributed by atoms with Crippen LogP contribution in [0.2, 0.25) is 0 Å². The minimum absolute atomic E-state index is 0.251. The zero-order valence-electron chi connectivity index (χ0n) is 9.63. The van der Waals surface area contributed by atoms with Crippen LogP contribution in [-0.4, -0.2) is 16.5 Å². The quantitative estimate of drug-likeness (QED) is 0.822. The van der Waals surface area contributed by atoms with E-state index in [9.17, 15) is 9.13 Å². The van der Waals surface area contributed by atoms with Crippen LogP contribution in [0.4, 0.5) is 0 Å². The second-order valence-electron chi connectivity index (χ2n) is 3.65. The Morgan fingerprint density at radius 1 is 1.24 bits per heavy atom. The third kappa shape index (κ3) is 4.52. The van der Waals surface area contributed by atoms with Gasteiger partial charge in [-0.25, -0.2) is 9.13 Å². The molecule has 6 nitrogen and oxygen atoms in total. The lowest BCUT2D eigenvalue weighted by molar-refractivity contribution is 0.384. The first-order valence-corrected chi connectivity index (χ1v) is 8.00. The molecule has 0 saturated heterocycles. The highest BCUT2D eigenvalue weighted by atomic mass is 31.2. The van der Waals surface area contributed by atoms with Gasteiger partial charge in [-0.2, -0.15) is 0 Å². The van der Waals surface area contributed by atoms with Crippen molar-refractivity contribution in [2.45, 2.75) is 13.8 Å². The molecule has 0 aliphatic carbocycles. The van der Waals surface area contributed by atoms with Gasteiger partial charge < -0.3 is 18.8 Å². The molecule has 0 bridgehead atoms. The van der Waals surface area contributed by atoms with Crippen LogP contribution in [-0.2, 0) is 9.13 Å². The fourth-order valence-electron chi connectivity index (χ4n) is 1.25. The molecule has 0 saturated carbocycles. The van der Waals surface area contributed by atoms with Crippen LogP contribution in [0.25, 0.3) is 0 Å². The fourth-order valence-corrected chi connectivity index (χ4v) is 2.22. The Morgan fingerprint density at radius 2 is 1.71 bits per heavy atom. The summed E-state index contributed by atoms with van der Waals surface area (Å²) in [5.41, 5.74) is 1.09. The van der Waals surface area contributed by atoms with E-state index in [1.54, 1.807) is 13.8 Å². The maximum atomic E-state index is 11.1. The van der Waals surface area contributed by atoms with Gasteiger partial charge in [-0.1, -0.05) is 0 Å². The van der Waals surface area contributed by atoms with Gasteiger partial charge >= 0.3 is 15.9 Å². The normalized spacial score (nSPS) is 16.1. The molecule has 17 heavy (non-hydrogen) atoms. The van der Waals surface area contributed by atoms with Crippen LogP contribution >= 0.6 is 15.9 Å².